The standard InChI is InChI=1S/C9H14O4/c1-3-5-13-9(12)7(4-2)6-8(10)11/h6H,3-5H2,1-2H3,(H,10,11)/b7-6-. The molecule has 0 atom stereocenters. The molecule has 0 bridgehead atoms. The van der Waals surface area contributed by atoms with Crippen molar-refractivity contribution in [2.75, 3.05) is 6.61 Å². The highest BCUT2D eigenvalue weighted by molar-refractivity contribution is 5.95. The maximum atomic E-state index is 11.1. The van der Waals surface area contributed by atoms with Gasteiger partial charge < -0.3 is 9.84 Å². The Labute approximate surface area is 77.2 Å². The first-order valence-corrected chi connectivity index (χ1v) is 4.22. The Morgan fingerprint density at radius 2 is 2.00 bits per heavy atom. The Bertz CT molecular complexity index is 218. The molecule has 0 radical (unpaired) electrons. The van der Waals surface area contributed by atoms with Crippen molar-refractivity contribution in [3.05, 3.63) is 11.6 Å². The number of hydrogen-bond donors (Lipinski definition) is 1. The summed E-state index contributed by atoms with van der Waals surface area (Å²) in [6, 6.07) is 0. The lowest BCUT2D eigenvalue weighted by molar-refractivity contribution is -0.140. The van der Waals surface area contributed by atoms with E-state index in [4.69, 9.17) is 9.84 Å². The van der Waals surface area contributed by atoms with E-state index in [9.17, 15) is 9.59 Å². The van der Waals surface area contributed by atoms with Crippen LogP contribution in [-0.4, -0.2) is 23.7 Å². The first kappa shape index (κ1) is 11.7. The van der Waals surface area contributed by atoms with Crippen LogP contribution in [0, 0.1) is 0 Å². The molecular weight excluding hydrogens is 172 g/mol. The number of carbonyl (C=O) groups is 2. The second-order valence-electron chi connectivity index (χ2n) is 2.50. The molecule has 0 amide bonds. The normalized spacial score (nSPS) is 11.1. The lowest BCUT2D eigenvalue weighted by Gasteiger charge is -2.03. The van der Waals surface area contributed by atoms with E-state index >= 15 is 0 Å². The van der Waals surface area contributed by atoms with E-state index in [1.54, 1.807) is 6.92 Å². The van der Waals surface area contributed by atoms with Crippen LogP contribution in [0.5, 0.6) is 0 Å². The molecule has 0 saturated heterocycles. The summed E-state index contributed by atoms with van der Waals surface area (Å²) in [6.45, 7) is 3.91. The van der Waals surface area contributed by atoms with E-state index in [0.717, 1.165) is 12.5 Å². The number of hydrogen-bond acceptors (Lipinski definition) is 3. The molecule has 0 spiro atoms. The molecule has 4 heteroatoms. The van der Waals surface area contributed by atoms with Crippen LogP contribution in [0.2, 0.25) is 0 Å². The second-order valence-corrected chi connectivity index (χ2v) is 2.50. The first-order chi connectivity index (χ1) is 6.11. The molecular formula is C9H14O4. The highest BCUT2D eigenvalue weighted by Crippen LogP contribution is 2.03. The van der Waals surface area contributed by atoms with Crippen molar-refractivity contribution >= 4 is 11.9 Å². The van der Waals surface area contributed by atoms with E-state index < -0.39 is 11.9 Å². The quantitative estimate of drug-likeness (QED) is 0.520. The van der Waals surface area contributed by atoms with Crippen LogP contribution in [0.1, 0.15) is 26.7 Å². The molecule has 1 N–H and O–H groups in total. The minimum absolute atomic E-state index is 0.195. The van der Waals surface area contributed by atoms with Crippen LogP contribution in [-0.2, 0) is 14.3 Å². The van der Waals surface area contributed by atoms with E-state index in [1.807, 2.05) is 6.92 Å². The highest BCUT2D eigenvalue weighted by Gasteiger charge is 2.09. The fraction of sp³-hybridized carbons (Fsp3) is 0.556. The summed E-state index contributed by atoms with van der Waals surface area (Å²) < 4.78 is 4.77. The molecule has 74 valence electrons. The van der Waals surface area contributed by atoms with Crippen LogP contribution >= 0.6 is 0 Å². The minimum Gasteiger partial charge on any atom is -0.478 e. The summed E-state index contributed by atoms with van der Waals surface area (Å²) in [5.74, 6) is -1.66. The Morgan fingerprint density at radius 1 is 1.38 bits per heavy atom. The van der Waals surface area contributed by atoms with Crippen molar-refractivity contribution < 1.29 is 19.4 Å². The number of carboxylic acids is 1. The molecule has 0 unspecified atom stereocenters. The smallest absolute Gasteiger partial charge is 0.334 e. The maximum absolute atomic E-state index is 11.1. The van der Waals surface area contributed by atoms with E-state index in [2.05, 4.69) is 0 Å². The molecule has 0 aromatic carbocycles. The van der Waals surface area contributed by atoms with Gasteiger partial charge >= 0.3 is 11.9 Å². The average Bonchev–Trinajstić information content (AvgIpc) is 2.09. The lowest BCUT2D eigenvalue weighted by atomic mass is 10.2. The van der Waals surface area contributed by atoms with Crippen molar-refractivity contribution in [3.8, 4) is 0 Å². The van der Waals surface area contributed by atoms with Gasteiger partial charge in [-0.1, -0.05) is 13.8 Å². The van der Waals surface area contributed by atoms with Gasteiger partial charge in [-0.2, -0.15) is 0 Å². The molecule has 0 aromatic rings. The Kier molecular flexibility index (Phi) is 5.59. The average molecular weight is 186 g/mol. The van der Waals surface area contributed by atoms with Crippen molar-refractivity contribution in [1.29, 1.82) is 0 Å². The Morgan fingerprint density at radius 3 is 2.38 bits per heavy atom. The molecule has 0 aromatic heterocycles. The van der Waals surface area contributed by atoms with Gasteiger partial charge in [-0.25, -0.2) is 9.59 Å². The Hall–Kier alpha value is -1.32. The number of carboxylic acid groups (broad SMARTS) is 1. The molecule has 0 fully saturated rings. The molecule has 0 rings (SSSR count). The minimum atomic E-state index is -1.12. The van der Waals surface area contributed by atoms with Crippen molar-refractivity contribution in [1.82, 2.24) is 0 Å². The molecule has 13 heavy (non-hydrogen) atoms. The van der Waals surface area contributed by atoms with Crippen molar-refractivity contribution in [2.45, 2.75) is 26.7 Å². The van der Waals surface area contributed by atoms with Crippen LogP contribution in [0.3, 0.4) is 0 Å². The number of esters is 1. The predicted octanol–water partition coefficient (Wildman–Crippen LogP) is 1.36. The van der Waals surface area contributed by atoms with Gasteiger partial charge in [0.2, 0.25) is 0 Å². The van der Waals surface area contributed by atoms with Crippen LogP contribution in [0.25, 0.3) is 0 Å². The van der Waals surface area contributed by atoms with Gasteiger partial charge in [-0.05, 0) is 12.8 Å². The van der Waals surface area contributed by atoms with Gasteiger partial charge in [0.15, 0.2) is 0 Å². The van der Waals surface area contributed by atoms with Gasteiger partial charge in [0.25, 0.3) is 0 Å². The van der Waals surface area contributed by atoms with Gasteiger partial charge in [0.05, 0.1) is 6.61 Å². The maximum Gasteiger partial charge on any atom is 0.334 e. The van der Waals surface area contributed by atoms with Gasteiger partial charge in [0, 0.05) is 11.6 Å². The molecule has 0 aliphatic heterocycles. The van der Waals surface area contributed by atoms with Gasteiger partial charge in [-0.15, -0.1) is 0 Å². The summed E-state index contributed by atoms with van der Waals surface area (Å²) in [5, 5.41) is 8.41. The first-order valence-electron chi connectivity index (χ1n) is 4.22. The molecule has 0 aliphatic rings. The second kappa shape index (κ2) is 6.22. The van der Waals surface area contributed by atoms with E-state index in [-0.39, 0.29) is 5.57 Å². The summed E-state index contributed by atoms with van der Waals surface area (Å²) in [7, 11) is 0. The SMILES string of the molecule is CCCOC(=O)/C(=C\C(=O)O)CC. The zero-order valence-corrected chi connectivity index (χ0v) is 7.87. The zero-order chi connectivity index (χ0) is 10.3. The van der Waals surface area contributed by atoms with Gasteiger partial charge in [0.1, 0.15) is 0 Å². The van der Waals surface area contributed by atoms with E-state index in [1.165, 1.54) is 0 Å². The Balaban J connectivity index is 4.23. The predicted molar refractivity (Wildman–Crippen MR) is 47.3 cm³/mol. The molecule has 0 aliphatic carbocycles. The summed E-state index contributed by atoms with van der Waals surface area (Å²) >= 11 is 0. The zero-order valence-electron chi connectivity index (χ0n) is 7.87. The third kappa shape index (κ3) is 5.00. The number of rotatable bonds is 5. The largest absolute Gasteiger partial charge is 0.478 e. The fourth-order valence-electron chi connectivity index (χ4n) is 0.742. The van der Waals surface area contributed by atoms with Crippen molar-refractivity contribution in [3.63, 3.8) is 0 Å². The summed E-state index contributed by atoms with van der Waals surface area (Å²) in [6.07, 6.45) is 1.99. The van der Waals surface area contributed by atoms with Crippen LogP contribution in [0.15, 0.2) is 11.6 Å². The summed E-state index contributed by atoms with van der Waals surface area (Å²) in [4.78, 5) is 21.4. The summed E-state index contributed by atoms with van der Waals surface area (Å²) in [5.41, 5.74) is 0.195. The highest BCUT2D eigenvalue weighted by atomic mass is 16.5. The molecule has 0 saturated carbocycles. The topological polar surface area (TPSA) is 63.6 Å². The molecule has 0 heterocycles. The fourth-order valence-corrected chi connectivity index (χ4v) is 0.742. The molecule has 4 nitrogen and oxygen atoms in total. The number of aliphatic carboxylic acids is 1. The number of carbonyl (C=O) groups excluding carboxylic acids is 1. The monoisotopic (exact) mass is 186 g/mol. The van der Waals surface area contributed by atoms with Crippen molar-refractivity contribution in [2.24, 2.45) is 0 Å². The van der Waals surface area contributed by atoms with Crippen LogP contribution in [0.4, 0.5) is 0 Å². The van der Waals surface area contributed by atoms with Gasteiger partial charge in [-0.3, -0.25) is 0 Å². The lowest BCUT2D eigenvalue weighted by Crippen LogP contribution is -2.09. The third-order valence-electron chi connectivity index (χ3n) is 1.38. The third-order valence-corrected chi connectivity index (χ3v) is 1.38. The van der Waals surface area contributed by atoms with E-state index in [0.29, 0.717) is 13.0 Å². The van der Waals surface area contributed by atoms with Crippen LogP contribution < -0.4 is 0 Å². The number of ether oxygens (including phenoxy) is 1.